The Morgan fingerprint density at radius 1 is 1.10 bits per heavy atom. The Hall–Kier alpha value is -2.98. The molecule has 1 heterocycles. The maximum absolute atomic E-state index is 12.5. The summed E-state index contributed by atoms with van der Waals surface area (Å²) in [4.78, 5) is 15.3. The maximum atomic E-state index is 12.5. The summed E-state index contributed by atoms with van der Waals surface area (Å²) < 4.78 is 10.9. The van der Waals surface area contributed by atoms with Gasteiger partial charge in [0.1, 0.15) is 13.2 Å². The lowest BCUT2D eigenvalue weighted by Gasteiger charge is -2.19. The largest absolute Gasteiger partial charge is 0.486 e. The third kappa shape index (κ3) is 2.52. The first-order valence-electron chi connectivity index (χ1n) is 6.38. The van der Waals surface area contributed by atoms with Crippen LogP contribution < -0.4 is 9.47 Å². The van der Waals surface area contributed by atoms with Gasteiger partial charge in [0, 0.05) is 16.0 Å². The summed E-state index contributed by atoms with van der Waals surface area (Å²) in [6.45, 7) is 0.849. The number of hydrogen-bond acceptors (Lipinski definition) is 4. The molecule has 6 nitrogen and oxygen atoms in total. The predicted octanol–water partition coefficient (Wildman–Crippen LogP) is 3.63. The van der Waals surface area contributed by atoms with Gasteiger partial charge in [0.2, 0.25) is 0 Å². The van der Waals surface area contributed by atoms with Crippen molar-refractivity contribution < 1.29 is 14.3 Å². The average Bonchev–Trinajstić information content (AvgIpc) is 2.55. The lowest BCUT2D eigenvalue weighted by molar-refractivity contribution is 0.103. The van der Waals surface area contributed by atoms with Crippen molar-refractivity contribution in [2.24, 2.45) is 5.11 Å². The fraction of sp³-hybridized carbons (Fsp3) is 0.133. The molecule has 1 aliphatic heterocycles. The molecule has 0 spiro atoms. The highest BCUT2D eigenvalue weighted by atomic mass is 16.6. The Morgan fingerprint density at radius 2 is 1.76 bits per heavy atom. The number of nitrogens with zero attached hydrogens (tertiary/aromatic N) is 3. The third-order valence-electron chi connectivity index (χ3n) is 3.09. The average molecular weight is 281 g/mol. The van der Waals surface area contributed by atoms with Crippen LogP contribution in [0.25, 0.3) is 10.4 Å². The standard InChI is InChI=1S/C15H11N3O3/c16-18-17-12-9-14-13(20-6-7-21-14)8-11(12)15(19)10-4-2-1-3-5-10/h1-5,8-9H,6-7H2. The van der Waals surface area contributed by atoms with Crippen LogP contribution in [0.1, 0.15) is 15.9 Å². The Bertz CT molecular complexity index is 737. The number of ether oxygens (including phenoxy) is 2. The van der Waals surface area contributed by atoms with E-state index < -0.39 is 0 Å². The van der Waals surface area contributed by atoms with Crippen LogP contribution in [-0.4, -0.2) is 19.0 Å². The van der Waals surface area contributed by atoms with Crippen molar-refractivity contribution in [1.29, 1.82) is 0 Å². The number of benzene rings is 2. The van der Waals surface area contributed by atoms with E-state index in [1.165, 1.54) is 6.07 Å². The van der Waals surface area contributed by atoms with E-state index >= 15 is 0 Å². The summed E-state index contributed by atoms with van der Waals surface area (Å²) in [6.07, 6.45) is 0. The second kappa shape index (κ2) is 5.56. The molecule has 0 radical (unpaired) electrons. The van der Waals surface area contributed by atoms with Crippen molar-refractivity contribution in [3.63, 3.8) is 0 Å². The number of carbonyl (C=O) groups excluding carboxylic acids is 1. The van der Waals surface area contributed by atoms with E-state index in [2.05, 4.69) is 10.0 Å². The van der Waals surface area contributed by atoms with Crippen LogP contribution in [0.4, 0.5) is 5.69 Å². The smallest absolute Gasteiger partial charge is 0.193 e. The fourth-order valence-corrected chi connectivity index (χ4v) is 2.14. The molecule has 0 fully saturated rings. The Labute approximate surface area is 120 Å². The molecule has 3 rings (SSSR count). The highest BCUT2D eigenvalue weighted by molar-refractivity contribution is 6.12. The van der Waals surface area contributed by atoms with E-state index in [0.29, 0.717) is 35.8 Å². The topological polar surface area (TPSA) is 84.3 Å². The molecule has 0 aliphatic carbocycles. The minimum absolute atomic E-state index is 0.227. The van der Waals surface area contributed by atoms with Gasteiger partial charge in [-0.3, -0.25) is 4.79 Å². The van der Waals surface area contributed by atoms with E-state index in [-0.39, 0.29) is 11.5 Å². The molecule has 0 unspecified atom stereocenters. The molecule has 0 amide bonds. The van der Waals surface area contributed by atoms with Gasteiger partial charge in [-0.15, -0.1) is 0 Å². The van der Waals surface area contributed by atoms with Gasteiger partial charge in [-0.1, -0.05) is 35.4 Å². The summed E-state index contributed by atoms with van der Waals surface area (Å²) in [5.41, 5.74) is 9.72. The van der Waals surface area contributed by atoms with Crippen LogP contribution in [0.3, 0.4) is 0 Å². The number of ketones is 1. The van der Waals surface area contributed by atoms with Crippen molar-refractivity contribution >= 4 is 11.5 Å². The van der Waals surface area contributed by atoms with Gasteiger partial charge in [-0.05, 0) is 17.7 Å². The number of azide groups is 1. The number of carbonyl (C=O) groups is 1. The number of rotatable bonds is 3. The SMILES string of the molecule is [N-]=[N+]=Nc1cc2c(cc1C(=O)c1ccccc1)OCCO2. The van der Waals surface area contributed by atoms with Crippen molar-refractivity contribution in [3.05, 3.63) is 64.0 Å². The van der Waals surface area contributed by atoms with Crippen molar-refractivity contribution in [1.82, 2.24) is 0 Å². The minimum Gasteiger partial charge on any atom is -0.486 e. The predicted molar refractivity (Wildman–Crippen MR) is 76.1 cm³/mol. The summed E-state index contributed by atoms with van der Waals surface area (Å²) in [5, 5.41) is 3.59. The lowest BCUT2D eigenvalue weighted by Crippen LogP contribution is -2.16. The molecule has 2 aromatic carbocycles. The van der Waals surface area contributed by atoms with Gasteiger partial charge in [-0.2, -0.15) is 0 Å². The zero-order valence-electron chi connectivity index (χ0n) is 11.0. The van der Waals surface area contributed by atoms with Crippen LogP contribution in [0.5, 0.6) is 11.5 Å². The summed E-state index contributed by atoms with van der Waals surface area (Å²) >= 11 is 0. The highest BCUT2D eigenvalue weighted by Crippen LogP contribution is 2.37. The zero-order chi connectivity index (χ0) is 14.7. The van der Waals surface area contributed by atoms with Gasteiger partial charge >= 0.3 is 0 Å². The van der Waals surface area contributed by atoms with Crippen molar-refractivity contribution in [3.8, 4) is 11.5 Å². The monoisotopic (exact) mass is 281 g/mol. The quantitative estimate of drug-likeness (QED) is 0.372. The van der Waals surface area contributed by atoms with E-state index in [0.717, 1.165) is 0 Å². The van der Waals surface area contributed by atoms with Crippen LogP contribution in [0, 0.1) is 0 Å². The molecular formula is C15H11N3O3. The third-order valence-corrected chi connectivity index (χ3v) is 3.09. The Balaban J connectivity index is 2.12. The van der Waals surface area contributed by atoms with Crippen molar-refractivity contribution in [2.45, 2.75) is 0 Å². The summed E-state index contributed by atoms with van der Waals surface area (Å²) in [5.74, 6) is 0.737. The molecule has 0 saturated carbocycles. The molecule has 0 saturated heterocycles. The molecule has 104 valence electrons. The molecule has 2 aromatic rings. The first-order chi connectivity index (χ1) is 10.3. The number of fused-ring (bicyclic) bond motifs is 1. The van der Waals surface area contributed by atoms with E-state index in [1.807, 2.05) is 6.07 Å². The van der Waals surface area contributed by atoms with Crippen LogP contribution >= 0.6 is 0 Å². The second-order valence-corrected chi connectivity index (χ2v) is 4.40. The molecule has 0 atom stereocenters. The van der Waals surface area contributed by atoms with Crippen molar-refractivity contribution in [2.75, 3.05) is 13.2 Å². The van der Waals surface area contributed by atoms with Gasteiger partial charge < -0.3 is 9.47 Å². The van der Waals surface area contributed by atoms with E-state index in [9.17, 15) is 4.79 Å². The van der Waals surface area contributed by atoms with Crippen LogP contribution in [-0.2, 0) is 0 Å². The Kier molecular flexibility index (Phi) is 3.45. The van der Waals surface area contributed by atoms with Crippen LogP contribution in [0.15, 0.2) is 47.6 Å². The molecular weight excluding hydrogens is 270 g/mol. The first kappa shape index (κ1) is 13.0. The van der Waals surface area contributed by atoms with Gasteiger partial charge in [-0.25, -0.2) is 0 Å². The van der Waals surface area contributed by atoms with Gasteiger partial charge in [0.05, 0.1) is 5.69 Å². The van der Waals surface area contributed by atoms with E-state index in [4.69, 9.17) is 15.0 Å². The van der Waals surface area contributed by atoms with Gasteiger partial charge in [0.15, 0.2) is 17.3 Å². The summed E-state index contributed by atoms with van der Waals surface area (Å²) in [7, 11) is 0. The molecule has 0 aromatic heterocycles. The normalized spacial score (nSPS) is 12.4. The second-order valence-electron chi connectivity index (χ2n) is 4.40. The first-order valence-corrected chi connectivity index (χ1v) is 6.38. The molecule has 21 heavy (non-hydrogen) atoms. The van der Waals surface area contributed by atoms with Gasteiger partial charge in [0.25, 0.3) is 0 Å². The Morgan fingerprint density at radius 3 is 2.43 bits per heavy atom. The fourth-order valence-electron chi connectivity index (χ4n) is 2.14. The molecule has 6 heteroatoms. The van der Waals surface area contributed by atoms with Crippen LogP contribution in [0.2, 0.25) is 0 Å². The molecule has 0 N–H and O–H groups in total. The number of hydrogen-bond donors (Lipinski definition) is 0. The van der Waals surface area contributed by atoms with E-state index in [1.54, 1.807) is 30.3 Å². The minimum atomic E-state index is -0.227. The summed E-state index contributed by atoms with van der Waals surface area (Å²) in [6, 6.07) is 11.9. The highest BCUT2D eigenvalue weighted by Gasteiger charge is 2.20. The maximum Gasteiger partial charge on any atom is 0.193 e. The zero-order valence-corrected chi connectivity index (χ0v) is 11.0. The molecule has 1 aliphatic rings. The lowest BCUT2D eigenvalue weighted by atomic mass is 10.0. The molecule has 0 bridgehead atoms.